The minimum Gasteiger partial charge on any atom is -0.493 e. The fourth-order valence-electron chi connectivity index (χ4n) is 3.27. The Hall–Kier alpha value is -3.94. The van der Waals surface area contributed by atoms with Gasteiger partial charge in [-0.25, -0.2) is 4.98 Å². The highest BCUT2D eigenvalue weighted by molar-refractivity contribution is 6.04. The van der Waals surface area contributed by atoms with Crippen LogP contribution in [0.2, 0.25) is 0 Å². The fraction of sp³-hybridized carbons (Fsp3) is 0.280. The molecule has 172 valence electrons. The number of hydrogen-bond donors (Lipinski definition) is 1. The van der Waals surface area contributed by atoms with Gasteiger partial charge in [0.1, 0.15) is 17.4 Å². The van der Waals surface area contributed by atoms with Gasteiger partial charge in [-0.15, -0.1) is 0 Å². The molecule has 1 unspecified atom stereocenters. The number of nitrogens with one attached hydrogen (secondary N) is 1. The summed E-state index contributed by atoms with van der Waals surface area (Å²) in [6.45, 7) is 3.50. The summed E-state index contributed by atoms with van der Waals surface area (Å²) in [6.07, 6.45) is 0.687. The maximum atomic E-state index is 12.2. The second-order valence-electron chi connectivity index (χ2n) is 7.46. The summed E-state index contributed by atoms with van der Waals surface area (Å²) in [6, 6.07) is 16.8. The van der Waals surface area contributed by atoms with Crippen LogP contribution in [0.1, 0.15) is 23.9 Å². The first-order valence-corrected chi connectivity index (χ1v) is 10.5. The minimum absolute atomic E-state index is 0.104. The first kappa shape index (κ1) is 23.7. The van der Waals surface area contributed by atoms with Crippen LogP contribution in [0.4, 0.5) is 0 Å². The molecule has 1 atom stereocenters. The third kappa shape index (κ3) is 6.52. The monoisotopic (exact) mass is 450 g/mol. The van der Waals surface area contributed by atoms with Crippen molar-refractivity contribution in [2.24, 2.45) is 5.92 Å². The summed E-state index contributed by atoms with van der Waals surface area (Å²) in [4.78, 5) is 39.8. The molecule has 8 nitrogen and oxygen atoms in total. The Morgan fingerprint density at radius 1 is 1.06 bits per heavy atom. The number of benzene rings is 2. The van der Waals surface area contributed by atoms with Crippen LogP contribution in [0, 0.1) is 12.8 Å². The average molecular weight is 450 g/mol. The van der Waals surface area contributed by atoms with Crippen LogP contribution in [0.5, 0.6) is 5.75 Å². The van der Waals surface area contributed by atoms with Gasteiger partial charge in [-0.1, -0.05) is 30.3 Å². The van der Waals surface area contributed by atoms with Crippen LogP contribution in [0.3, 0.4) is 0 Å². The molecule has 3 rings (SSSR count). The SMILES string of the molecule is COC(=O)C(Cc1ccc(OCCc2nc(-c3ccccc3)oc2C)cc1)C(=O)NC(C)=O. The molecule has 0 aliphatic heterocycles. The molecule has 2 amide bonds. The Balaban J connectivity index is 1.56. The molecular weight excluding hydrogens is 424 g/mol. The van der Waals surface area contributed by atoms with E-state index in [-0.39, 0.29) is 6.42 Å². The van der Waals surface area contributed by atoms with Crippen LogP contribution < -0.4 is 10.1 Å². The zero-order chi connectivity index (χ0) is 23.8. The maximum absolute atomic E-state index is 12.2. The van der Waals surface area contributed by atoms with Crippen LogP contribution in [-0.4, -0.2) is 36.5 Å². The lowest BCUT2D eigenvalue weighted by atomic mass is 9.98. The van der Waals surface area contributed by atoms with Crippen molar-refractivity contribution in [3.8, 4) is 17.2 Å². The quantitative estimate of drug-likeness (QED) is 0.394. The van der Waals surface area contributed by atoms with E-state index in [1.165, 1.54) is 14.0 Å². The molecule has 3 aromatic rings. The number of carbonyl (C=O) groups excluding carboxylic acids is 3. The van der Waals surface area contributed by atoms with E-state index in [0.717, 1.165) is 22.6 Å². The van der Waals surface area contributed by atoms with Gasteiger partial charge < -0.3 is 13.9 Å². The van der Waals surface area contributed by atoms with E-state index in [4.69, 9.17) is 13.9 Å². The van der Waals surface area contributed by atoms with Crippen LogP contribution in [-0.2, 0) is 32.0 Å². The molecule has 0 aliphatic carbocycles. The Morgan fingerprint density at radius 2 is 1.76 bits per heavy atom. The predicted octanol–water partition coefficient (Wildman–Crippen LogP) is 3.27. The number of carbonyl (C=O) groups is 3. The number of hydrogen-bond acceptors (Lipinski definition) is 7. The highest BCUT2D eigenvalue weighted by Gasteiger charge is 2.28. The zero-order valence-corrected chi connectivity index (χ0v) is 18.8. The molecule has 1 aromatic heterocycles. The van der Waals surface area contributed by atoms with E-state index in [1.54, 1.807) is 24.3 Å². The molecule has 0 fully saturated rings. The number of aryl methyl sites for hydroxylation is 1. The van der Waals surface area contributed by atoms with E-state index in [2.05, 4.69) is 10.3 Å². The average Bonchev–Trinajstić information content (AvgIpc) is 3.18. The van der Waals surface area contributed by atoms with Crippen molar-refractivity contribution in [3.63, 3.8) is 0 Å². The highest BCUT2D eigenvalue weighted by Crippen LogP contribution is 2.22. The van der Waals surface area contributed by atoms with Gasteiger partial charge in [-0.05, 0) is 43.2 Å². The molecule has 0 bridgehead atoms. The molecule has 0 saturated carbocycles. The van der Waals surface area contributed by atoms with Crippen molar-refractivity contribution in [1.82, 2.24) is 10.3 Å². The highest BCUT2D eigenvalue weighted by atomic mass is 16.5. The number of oxazole rings is 1. The summed E-state index contributed by atoms with van der Waals surface area (Å²) in [5, 5.41) is 2.13. The molecule has 1 N–H and O–H groups in total. The third-order valence-corrected chi connectivity index (χ3v) is 4.99. The zero-order valence-electron chi connectivity index (χ0n) is 18.8. The summed E-state index contributed by atoms with van der Waals surface area (Å²) in [7, 11) is 1.20. The number of esters is 1. The minimum atomic E-state index is -1.11. The van der Waals surface area contributed by atoms with Crippen molar-refractivity contribution >= 4 is 17.8 Å². The van der Waals surface area contributed by atoms with Crippen LogP contribution in [0.25, 0.3) is 11.5 Å². The van der Waals surface area contributed by atoms with Crippen LogP contribution >= 0.6 is 0 Å². The Labute approximate surface area is 191 Å². The van der Waals surface area contributed by atoms with Gasteiger partial charge in [-0.3, -0.25) is 19.7 Å². The number of nitrogens with zero attached hydrogens (tertiary/aromatic N) is 1. The predicted molar refractivity (Wildman–Crippen MR) is 120 cm³/mol. The molecule has 0 aliphatic rings. The van der Waals surface area contributed by atoms with E-state index in [1.807, 2.05) is 37.3 Å². The molecule has 1 heterocycles. The van der Waals surface area contributed by atoms with Gasteiger partial charge in [0.25, 0.3) is 0 Å². The summed E-state index contributed by atoms with van der Waals surface area (Å²) >= 11 is 0. The lowest BCUT2D eigenvalue weighted by molar-refractivity contribution is -0.150. The standard InChI is InChI=1S/C25H26N2O6/c1-16-22(27-24(33-16)19-7-5-4-6-8-19)13-14-32-20-11-9-18(10-12-20)15-21(25(30)31-3)23(29)26-17(2)28/h4-12,21H,13-15H2,1-3H3,(H,26,28,29). The maximum Gasteiger partial charge on any atom is 0.318 e. The van der Waals surface area contributed by atoms with Crippen LogP contribution in [0.15, 0.2) is 59.0 Å². The Morgan fingerprint density at radius 3 is 2.39 bits per heavy atom. The van der Waals surface area contributed by atoms with Crippen molar-refractivity contribution in [1.29, 1.82) is 0 Å². The molecule has 0 radical (unpaired) electrons. The summed E-state index contributed by atoms with van der Waals surface area (Å²) in [5.74, 6) is -1.05. The van der Waals surface area contributed by atoms with Gasteiger partial charge in [0.15, 0.2) is 0 Å². The van der Waals surface area contributed by atoms with E-state index in [9.17, 15) is 14.4 Å². The Bertz CT molecular complexity index is 1110. The topological polar surface area (TPSA) is 108 Å². The number of imide groups is 1. The molecular formula is C25H26N2O6. The van der Waals surface area contributed by atoms with Gasteiger partial charge in [0.2, 0.25) is 17.7 Å². The fourth-order valence-corrected chi connectivity index (χ4v) is 3.27. The van der Waals surface area contributed by atoms with E-state index >= 15 is 0 Å². The number of rotatable bonds is 9. The van der Waals surface area contributed by atoms with E-state index in [0.29, 0.717) is 24.7 Å². The first-order valence-electron chi connectivity index (χ1n) is 10.5. The second kappa shape index (κ2) is 11.1. The number of amides is 2. The molecule has 33 heavy (non-hydrogen) atoms. The van der Waals surface area contributed by atoms with Crippen molar-refractivity contribution in [2.75, 3.05) is 13.7 Å². The second-order valence-corrected chi connectivity index (χ2v) is 7.46. The summed E-state index contributed by atoms with van der Waals surface area (Å²) in [5.41, 5.74) is 2.49. The first-order chi connectivity index (χ1) is 15.9. The normalized spacial score (nSPS) is 11.5. The largest absolute Gasteiger partial charge is 0.493 e. The van der Waals surface area contributed by atoms with Crippen molar-refractivity contribution < 1.29 is 28.3 Å². The number of aromatic nitrogens is 1. The lowest BCUT2D eigenvalue weighted by Gasteiger charge is -2.14. The van der Waals surface area contributed by atoms with Gasteiger partial charge in [-0.2, -0.15) is 0 Å². The Kier molecular flexibility index (Phi) is 7.96. The summed E-state index contributed by atoms with van der Waals surface area (Å²) < 4.78 is 16.3. The van der Waals surface area contributed by atoms with Crippen molar-refractivity contribution in [3.05, 3.63) is 71.6 Å². The van der Waals surface area contributed by atoms with E-state index < -0.39 is 23.7 Å². The lowest BCUT2D eigenvalue weighted by Crippen LogP contribution is -2.39. The van der Waals surface area contributed by atoms with Gasteiger partial charge >= 0.3 is 5.97 Å². The molecule has 2 aromatic carbocycles. The molecule has 0 spiro atoms. The van der Waals surface area contributed by atoms with Crippen molar-refractivity contribution in [2.45, 2.75) is 26.7 Å². The molecule has 0 saturated heterocycles. The van der Waals surface area contributed by atoms with Gasteiger partial charge in [0.05, 0.1) is 19.4 Å². The number of ether oxygens (including phenoxy) is 2. The third-order valence-electron chi connectivity index (χ3n) is 4.99. The van der Waals surface area contributed by atoms with Gasteiger partial charge in [0, 0.05) is 18.9 Å². The molecule has 8 heteroatoms. The number of methoxy groups -OCH3 is 1. The smallest absolute Gasteiger partial charge is 0.318 e.